The lowest BCUT2D eigenvalue weighted by atomic mass is 10.1. The van der Waals surface area contributed by atoms with Crippen LogP contribution >= 0.6 is 34.5 Å². The van der Waals surface area contributed by atoms with E-state index in [1.807, 2.05) is 24.3 Å². The molecule has 1 N–H and O–H groups in total. The summed E-state index contributed by atoms with van der Waals surface area (Å²) in [5.41, 5.74) is 2.14. The van der Waals surface area contributed by atoms with Crippen molar-refractivity contribution in [2.75, 3.05) is 11.9 Å². The van der Waals surface area contributed by atoms with Gasteiger partial charge in [0.25, 0.3) is 0 Å². The number of hydrogen-bond donors (Lipinski definition) is 1. The van der Waals surface area contributed by atoms with Gasteiger partial charge < -0.3 is 10.1 Å². The average molecular weight is 330 g/mol. The SMILES string of the molecule is CCCOc1ccc(NC(C)c2csc(Cl)c2)cc1Cl. The van der Waals surface area contributed by atoms with E-state index in [1.165, 1.54) is 16.9 Å². The Morgan fingerprint density at radius 3 is 2.70 bits per heavy atom. The molecule has 108 valence electrons. The van der Waals surface area contributed by atoms with Crippen molar-refractivity contribution in [2.45, 2.75) is 26.3 Å². The van der Waals surface area contributed by atoms with Gasteiger partial charge in [0.1, 0.15) is 5.75 Å². The van der Waals surface area contributed by atoms with Crippen LogP contribution in [0, 0.1) is 0 Å². The molecule has 0 fully saturated rings. The molecule has 0 bridgehead atoms. The zero-order valence-corrected chi connectivity index (χ0v) is 13.8. The van der Waals surface area contributed by atoms with Gasteiger partial charge in [0.2, 0.25) is 0 Å². The van der Waals surface area contributed by atoms with E-state index >= 15 is 0 Å². The van der Waals surface area contributed by atoms with Gasteiger partial charge in [0.05, 0.1) is 16.0 Å². The molecule has 1 aromatic heterocycles. The first kappa shape index (κ1) is 15.5. The van der Waals surface area contributed by atoms with Crippen molar-refractivity contribution in [2.24, 2.45) is 0 Å². The Morgan fingerprint density at radius 1 is 1.30 bits per heavy atom. The lowest BCUT2D eigenvalue weighted by Crippen LogP contribution is -2.05. The summed E-state index contributed by atoms with van der Waals surface area (Å²) in [6.45, 7) is 4.83. The fourth-order valence-electron chi connectivity index (χ4n) is 1.80. The molecular formula is C15H17Cl2NOS. The second-order valence-corrected chi connectivity index (χ2v) is 6.49. The summed E-state index contributed by atoms with van der Waals surface area (Å²) < 4.78 is 6.36. The van der Waals surface area contributed by atoms with E-state index < -0.39 is 0 Å². The van der Waals surface area contributed by atoms with Gasteiger partial charge in [0.15, 0.2) is 0 Å². The van der Waals surface area contributed by atoms with Crippen LogP contribution in [0.1, 0.15) is 31.9 Å². The number of hydrogen-bond acceptors (Lipinski definition) is 3. The molecule has 0 spiro atoms. The molecule has 1 atom stereocenters. The summed E-state index contributed by atoms with van der Waals surface area (Å²) in [6, 6.07) is 7.91. The molecular weight excluding hydrogens is 313 g/mol. The number of ether oxygens (including phenoxy) is 1. The summed E-state index contributed by atoms with van der Waals surface area (Å²) >= 11 is 13.7. The normalized spacial score (nSPS) is 12.2. The molecule has 5 heteroatoms. The van der Waals surface area contributed by atoms with Gasteiger partial charge in [0, 0.05) is 11.7 Å². The molecule has 0 saturated carbocycles. The first-order valence-corrected chi connectivity index (χ1v) is 8.16. The van der Waals surface area contributed by atoms with Crippen molar-refractivity contribution < 1.29 is 4.74 Å². The molecule has 2 rings (SSSR count). The highest BCUT2D eigenvalue weighted by Crippen LogP contribution is 2.31. The Bertz CT molecular complexity index is 571. The van der Waals surface area contributed by atoms with Crippen molar-refractivity contribution >= 4 is 40.2 Å². The van der Waals surface area contributed by atoms with E-state index in [0.29, 0.717) is 11.6 Å². The predicted molar refractivity (Wildman–Crippen MR) is 88.6 cm³/mol. The first-order chi connectivity index (χ1) is 9.60. The maximum atomic E-state index is 6.21. The summed E-state index contributed by atoms with van der Waals surface area (Å²) in [7, 11) is 0. The van der Waals surface area contributed by atoms with Crippen LogP contribution in [0.25, 0.3) is 0 Å². The van der Waals surface area contributed by atoms with E-state index in [1.54, 1.807) is 0 Å². The maximum absolute atomic E-state index is 6.21. The molecule has 0 aliphatic carbocycles. The molecule has 0 radical (unpaired) electrons. The quantitative estimate of drug-likeness (QED) is 0.699. The molecule has 2 aromatic rings. The van der Waals surface area contributed by atoms with Crippen LogP contribution in [-0.2, 0) is 0 Å². The summed E-state index contributed by atoms with van der Waals surface area (Å²) in [5.74, 6) is 0.727. The third-order valence-electron chi connectivity index (χ3n) is 2.86. The Kier molecular flexibility index (Phi) is 5.58. The van der Waals surface area contributed by atoms with Crippen LogP contribution in [0.3, 0.4) is 0 Å². The lowest BCUT2D eigenvalue weighted by Gasteiger charge is -2.15. The molecule has 0 aliphatic rings. The minimum Gasteiger partial charge on any atom is -0.492 e. The number of benzene rings is 1. The van der Waals surface area contributed by atoms with Crippen LogP contribution in [0.2, 0.25) is 9.36 Å². The van der Waals surface area contributed by atoms with Crippen LogP contribution in [0.5, 0.6) is 5.75 Å². The second kappa shape index (κ2) is 7.21. The Balaban J connectivity index is 2.04. The lowest BCUT2D eigenvalue weighted by molar-refractivity contribution is 0.317. The van der Waals surface area contributed by atoms with E-state index in [0.717, 1.165) is 22.2 Å². The largest absolute Gasteiger partial charge is 0.492 e. The highest BCUT2D eigenvalue weighted by molar-refractivity contribution is 7.14. The van der Waals surface area contributed by atoms with Crippen molar-refractivity contribution in [1.29, 1.82) is 0 Å². The molecule has 1 unspecified atom stereocenters. The van der Waals surface area contributed by atoms with Gasteiger partial charge in [-0.15, -0.1) is 11.3 Å². The number of anilines is 1. The maximum Gasteiger partial charge on any atom is 0.138 e. The zero-order valence-electron chi connectivity index (χ0n) is 11.5. The van der Waals surface area contributed by atoms with Crippen LogP contribution < -0.4 is 10.1 Å². The highest BCUT2D eigenvalue weighted by atomic mass is 35.5. The molecule has 1 aromatic carbocycles. The molecule has 0 aliphatic heterocycles. The van der Waals surface area contributed by atoms with Gasteiger partial charge in [-0.3, -0.25) is 0 Å². The number of thiophene rings is 1. The average Bonchev–Trinajstić information content (AvgIpc) is 2.85. The van der Waals surface area contributed by atoms with Gasteiger partial charge in [-0.2, -0.15) is 0 Å². The van der Waals surface area contributed by atoms with E-state index in [2.05, 4.69) is 24.5 Å². The topological polar surface area (TPSA) is 21.3 Å². The van der Waals surface area contributed by atoms with Gasteiger partial charge >= 0.3 is 0 Å². The van der Waals surface area contributed by atoms with Gasteiger partial charge in [-0.25, -0.2) is 0 Å². The summed E-state index contributed by atoms with van der Waals surface area (Å²) in [4.78, 5) is 0. The number of rotatable bonds is 6. The minimum atomic E-state index is 0.178. The monoisotopic (exact) mass is 329 g/mol. The van der Waals surface area contributed by atoms with Gasteiger partial charge in [-0.05, 0) is 48.6 Å². The van der Waals surface area contributed by atoms with E-state index in [4.69, 9.17) is 27.9 Å². The minimum absolute atomic E-state index is 0.178. The predicted octanol–water partition coefficient (Wildman–Crippen LogP) is 6.02. The van der Waals surface area contributed by atoms with Crippen molar-refractivity contribution in [3.05, 3.63) is 44.6 Å². The standard InChI is InChI=1S/C15H17Cl2NOS/c1-3-6-19-14-5-4-12(8-13(14)16)18-10(2)11-7-15(17)20-9-11/h4-5,7-10,18H,3,6H2,1-2H3. The Labute approximate surface area is 133 Å². The van der Waals surface area contributed by atoms with E-state index in [-0.39, 0.29) is 6.04 Å². The number of halogens is 2. The zero-order chi connectivity index (χ0) is 14.5. The van der Waals surface area contributed by atoms with Crippen LogP contribution in [0.15, 0.2) is 29.6 Å². The smallest absolute Gasteiger partial charge is 0.138 e. The van der Waals surface area contributed by atoms with Crippen LogP contribution in [-0.4, -0.2) is 6.61 Å². The summed E-state index contributed by atoms with van der Waals surface area (Å²) in [5, 5.41) is 6.08. The number of nitrogens with one attached hydrogen (secondary N) is 1. The molecule has 1 heterocycles. The highest BCUT2D eigenvalue weighted by Gasteiger charge is 2.09. The van der Waals surface area contributed by atoms with Crippen molar-refractivity contribution in [3.8, 4) is 5.75 Å². The molecule has 0 saturated heterocycles. The second-order valence-electron chi connectivity index (χ2n) is 4.54. The Hall–Kier alpha value is -0.900. The summed E-state index contributed by atoms with van der Waals surface area (Å²) in [6.07, 6.45) is 0.965. The molecule has 20 heavy (non-hydrogen) atoms. The first-order valence-electron chi connectivity index (χ1n) is 6.53. The third kappa shape index (κ3) is 4.05. The fraction of sp³-hybridized carbons (Fsp3) is 0.333. The molecule has 2 nitrogen and oxygen atoms in total. The third-order valence-corrected chi connectivity index (χ3v) is 4.27. The van der Waals surface area contributed by atoms with Gasteiger partial charge in [-0.1, -0.05) is 30.1 Å². The van der Waals surface area contributed by atoms with E-state index in [9.17, 15) is 0 Å². The fourth-order valence-corrected chi connectivity index (χ4v) is 3.02. The Morgan fingerprint density at radius 2 is 2.10 bits per heavy atom. The van der Waals surface area contributed by atoms with Crippen molar-refractivity contribution in [1.82, 2.24) is 0 Å². The van der Waals surface area contributed by atoms with Crippen LogP contribution in [0.4, 0.5) is 5.69 Å². The molecule has 0 amide bonds. The van der Waals surface area contributed by atoms with Crippen molar-refractivity contribution in [3.63, 3.8) is 0 Å².